The van der Waals surface area contributed by atoms with Crippen molar-refractivity contribution in [2.45, 2.75) is 20.3 Å². The predicted octanol–water partition coefficient (Wildman–Crippen LogP) is 4.47. The third-order valence-corrected chi connectivity index (χ3v) is 3.95. The fourth-order valence-electron chi connectivity index (χ4n) is 2.47. The molecule has 2 atom stereocenters. The summed E-state index contributed by atoms with van der Waals surface area (Å²) >= 11 is 0. The van der Waals surface area contributed by atoms with Gasteiger partial charge in [-0.05, 0) is 55.7 Å². The van der Waals surface area contributed by atoms with Crippen LogP contribution in [0.15, 0.2) is 48.5 Å². The van der Waals surface area contributed by atoms with Gasteiger partial charge in [0, 0.05) is 5.92 Å². The summed E-state index contributed by atoms with van der Waals surface area (Å²) in [6.07, 6.45) is 0.966. The van der Waals surface area contributed by atoms with Gasteiger partial charge >= 0.3 is 0 Å². The standard InChI is InChI=1S/C19H21NO3/c1-3-22-14-8-10-15(11-9-14)23-18-7-5-4-6-17(18)20-19(21)16-12-13(16)2/h4-11,13,16H,3,12H2,1-2H3,(H,20,21). The van der Waals surface area contributed by atoms with Gasteiger partial charge in [0.05, 0.1) is 12.3 Å². The number of carbonyl (C=O) groups is 1. The minimum absolute atomic E-state index is 0.0697. The van der Waals surface area contributed by atoms with Gasteiger partial charge in [0.2, 0.25) is 5.91 Å². The van der Waals surface area contributed by atoms with Crippen molar-refractivity contribution >= 4 is 11.6 Å². The van der Waals surface area contributed by atoms with Crippen molar-refractivity contribution in [3.05, 3.63) is 48.5 Å². The van der Waals surface area contributed by atoms with Crippen molar-refractivity contribution in [3.8, 4) is 17.2 Å². The molecule has 2 aromatic rings. The van der Waals surface area contributed by atoms with Gasteiger partial charge in [0.1, 0.15) is 11.5 Å². The zero-order valence-electron chi connectivity index (χ0n) is 13.4. The highest BCUT2D eigenvalue weighted by atomic mass is 16.5. The molecule has 4 nitrogen and oxygen atoms in total. The predicted molar refractivity (Wildman–Crippen MR) is 90.0 cm³/mol. The van der Waals surface area contributed by atoms with E-state index in [1.54, 1.807) is 0 Å². The number of nitrogens with one attached hydrogen (secondary N) is 1. The van der Waals surface area contributed by atoms with Crippen LogP contribution in [0, 0.1) is 11.8 Å². The fourth-order valence-corrected chi connectivity index (χ4v) is 2.47. The summed E-state index contributed by atoms with van der Waals surface area (Å²) in [6.45, 7) is 4.67. The molecule has 2 aromatic carbocycles. The molecular formula is C19H21NO3. The van der Waals surface area contributed by atoms with Crippen molar-refractivity contribution in [2.75, 3.05) is 11.9 Å². The Hall–Kier alpha value is -2.49. The Labute approximate surface area is 136 Å². The van der Waals surface area contributed by atoms with Gasteiger partial charge in [0.25, 0.3) is 0 Å². The van der Waals surface area contributed by atoms with E-state index in [9.17, 15) is 4.79 Å². The molecule has 0 saturated heterocycles. The summed E-state index contributed by atoms with van der Waals surface area (Å²) in [5.41, 5.74) is 0.700. The molecule has 0 aromatic heterocycles. The highest BCUT2D eigenvalue weighted by molar-refractivity contribution is 5.95. The average Bonchev–Trinajstić information content (AvgIpc) is 3.28. The van der Waals surface area contributed by atoms with E-state index in [4.69, 9.17) is 9.47 Å². The summed E-state index contributed by atoms with van der Waals surface area (Å²) in [5, 5.41) is 2.97. The lowest BCUT2D eigenvalue weighted by Crippen LogP contribution is -2.14. The molecule has 1 saturated carbocycles. The van der Waals surface area contributed by atoms with Crippen LogP contribution in [-0.4, -0.2) is 12.5 Å². The summed E-state index contributed by atoms with van der Waals surface area (Å²) in [7, 11) is 0. The molecule has 3 rings (SSSR count). The maximum absolute atomic E-state index is 12.1. The molecule has 1 fully saturated rings. The zero-order chi connectivity index (χ0) is 16.2. The number of ether oxygens (including phenoxy) is 2. The first-order chi connectivity index (χ1) is 11.2. The Morgan fingerprint density at radius 3 is 2.43 bits per heavy atom. The molecule has 0 spiro atoms. The highest BCUT2D eigenvalue weighted by Crippen LogP contribution is 2.39. The summed E-state index contributed by atoms with van der Waals surface area (Å²) in [5.74, 6) is 2.83. The third-order valence-electron chi connectivity index (χ3n) is 3.95. The minimum Gasteiger partial charge on any atom is -0.494 e. The lowest BCUT2D eigenvalue weighted by Gasteiger charge is -2.12. The van der Waals surface area contributed by atoms with Crippen LogP contribution in [-0.2, 0) is 4.79 Å². The van der Waals surface area contributed by atoms with Gasteiger partial charge in [-0.15, -0.1) is 0 Å². The van der Waals surface area contributed by atoms with Crippen molar-refractivity contribution in [3.63, 3.8) is 0 Å². The van der Waals surface area contributed by atoms with E-state index in [1.807, 2.05) is 55.5 Å². The van der Waals surface area contributed by atoms with Crippen LogP contribution in [0.3, 0.4) is 0 Å². The van der Waals surface area contributed by atoms with E-state index < -0.39 is 0 Å². The van der Waals surface area contributed by atoms with E-state index in [2.05, 4.69) is 12.2 Å². The Morgan fingerprint density at radius 1 is 1.13 bits per heavy atom. The number of hydrogen-bond donors (Lipinski definition) is 1. The lowest BCUT2D eigenvalue weighted by atomic mass is 10.2. The van der Waals surface area contributed by atoms with E-state index in [0.717, 1.165) is 12.2 Å². The summed E-state index contributed by atoms with van der Waals surface area (Å²) in [4.78, 5) is 12.1. The molecule has 4 heteroatoms. The van der Waals surface area contributed by atoms with Crippen LogP contribution in [0.2, 0.25) is 0 Å². The zero-order valence-corrected chi connectivity index (χ0v) is 13.4. The second-order valence-electron chi connectivity index (χ2n) is 5.81. The highest BCUT2D eigenvalue weighted by Gasteiger charge is 2.39. The van der Waals surface area contributed by atoms with Crippen molar-refractivity contribution in [2.24, 2.45) is 11.8 Å². The second kappa shape index (κ2) is 6.73. The molecular weight excluding hydrogens is 290 g/mol. The molecule has 0 radical (unpaired) electrons. The first kappa shape index (κ1) is 15.4. The van der Waals surface area contributed by atoms with Crippen LogP contribution in [0.1, 0.15) is 20.3 Å². The topological polar surface area (TPSA) is 47.6 Å². The molecule has 120 valence electrons. The van der Waals surface area contributed by atoms with Crippen LogP contribution < -0.4 is 14.8 Å². The van der Waals surface area contributed by atoms with Crippen molar-refractivity contribution in [1.82, 2.24) is 0 Å². The lowest BCUT2D eigenvalue weighted by molar-refractivity contribution is -0.117. The SMILES string of the molecule is CCOc1ccc(Oc2ccccc2NC(=O)C2CC2C)cc1. The quantitative estimate of drug-likeness (QED) is 0.856. The Kier molecular flexibility index (Phi) is 4.51. The normalized spacial score (nSPS) is 19.0. The second-order valence-corrected chi connectivity index (χ2v) is 5.81. The molecule has 23 heavy (non-hydrogen) atoms. The molecule has 2 unspecified atom stereocenters. The summed E-state index contributed by atoms with van der Waals surface area (Å²) in [6, 6.07) is 14.9. The molecule has 1 amide bonds. The first-order valence-corrected chi connectivity index (χ1v) is 7.98. The van der Waals surface area contributed by atoms with E-state index in [0.29, 0.717) is 29.7 Å². The maximum atomic E-state index is 12.1. The van der Waals surface area contributed by atoms with Gasteiger partial charge < -0.3 is 14.8 Å². The van der Waals surface area contributed by atoms with Crippen molar-refractivity contribution < 1.29 is 14.3 Å². The molecule has 1 N–H and O–H groups in total. The number of anilines is 1. The number of rotatable bonds is 6. The van der Waals surface area contributed by atoms with Gasteiger partial charge in [-0.1, -0.05) is 19.1 Å². The molecule has 1 aliphatic carbocycles. The first-order valence-electron chi connectivity index (χ1n) is 7.98. The van der Waals surface area contributed by atoms with Crippen LogP contribution >= 0.6 is 0 Å². The van der Waals surface area contributed by atoms with Gasteiger partial charge in [-0.3, -0.25) is 4.79 Å². The number of para-hydroxylation sites is 2. The number of carbonyl (C=O) groups excluding carboxylic acids is 1. The van der Waals surface area contributed by atoms with Crippen LogP contribution in [0.5, 0.6) is 17.2 Å². The molecule has 0 heterocycles. The Balaban J connectivity index is 1.71. The van der Waals surface area contributed by atoms with E-state index in [-0.39, 0.29) is 11.8 Å². The average molecular weight is 311 g/mol. The molecule has 0 aliphatic heterocycles. The van der Waals surface area contributed by atoms with E-state index >= 15 is 0 Å². The van der Waals surface area contributed by atoms with Crippen molar-refractivity contribution in [1.29, 1.82) is 0 Å². The minimum atomic E-state index is 0.0697. The summed E-state index contributed by atoms with van der Waals surface area (Å²) < 4.78 is 11.3. The maximum Gasteiger partial charge on any atom is 0.227 e. The fraction of sp³-hybridized carbons (Fsp3) is 0.316. The smallest absolute Gasteiger partial charge is 0.227 e. The Morgan fingerprint density at radius 2 is 1.78 bits per heavy atom. The van der Waals surface area contributed by atoms with Gasteiger partial charge in [-0.2, -0.15) is 0 Å². The van der Waals surface area contributed by atoms with Gasteiger partial charge in [0.15, 0.2) is 5.75 Å². The third kappa shape index (κ3) is 3.83. The molecule has 0 bridgehead atoms. The van der Waals surface area contributed by atoms with Crippen LogP contribution in [0.4, 0.5) is 5.69 Å². The molecule has 1 aliphatic rings. The van der Waals surface area contributed by atoms with E-state index in [1.165, 1.54) is 0 Å². The number of amides is 1. The number of benzene rings is 2. The Bertz CT molecular complexity index is 681. The van der Waals surface area contributed by atoms with Gasteiger partial charge in [-0.25, -0.2) is 0 Å². The largest absolute Gasteiger partial charge is 0.494 e. The monoisotopic (exact) mass is 311 g/mol. The number of hydrogen-bond acceptors (Lipinski definition) is 3. The van der Waals surface area contributed by atoms with Crippen LogP contribution in [0.25, 0.3) is 0 Å².